The molecule has 4 nitrogen and oxygen atoms in total. The summed E-state index contributed by atoms with van der Waals surface area (Å²) in [6.07, 6.45) is 2.04. The summed E-state index contributed by atoms with van der Waals surface area (Å²) in [5, 5.41) is 0. The van der Waals surface area contributed by atoms with Gasteiger partial charge in [0.15, 0.2) is 0 Å². The Hall–Kier alpha value is -1.75. The minimum Gasteiger partial charge on any atom is -0.466 e. The summed E-state index contributed by atoms with van der Waals surface area (Å²) in [5.74, 6) is -0.943. The number of ether oxygens (including phenoxy) is 1. The van der Waals surface area contributed by atoms with Gasteiger partial charge in [0, 0.05) is 16.3 Å². The van der Waals surface area contributed by atoms with Gasteiger partial charge in [-0.3, -0.25) is 9.59 Å². The molecule has 0 aromatic heterocycles. The van der Waals surface area contributed by atoms with E-state index in [1.165, 1.54) is 0 Å². The van der Waals surface area contributed by atoms with Gasteiger partial charge in [0.1, 0.15) is 12.6 Å². The van der Waals surface area contributed by atoms with Crippen LogP contribution in [-0.4, -0.2) is 25.1 Å². The van der Waals surface area contributed by atoms with Crippen molar-refractivity contribution in [3.8, 4) is 0 Å². The van der Waals surface area contributed by atoms with Crippen LogP contribution in [0, 0.1) is 5.92 Å². The molecule has 0 saturated carbocycles. The van der Waals surface area contributed by atoms with Gasteiger partial charge in [0.05, 0.1) is 13.0 Å². The number of rotatable bonds is 6. The molecular weight excluding hydrogens is 348 g/mol. The van der Waals surface area contributed by atoms with E-state index < -0.39 is 0 Å². The largest absolute Gasteiger partial charge is 0.466 e. The fraction of sp³-hybridized carbons (Fsp3) is 0.353. The summed E-state index contributed by atoms with van der Waals surface area (Å²) in [5.41, 5.74) is 2.15. The van der Waals surface area contributed by atoms with Gasteiger partial charge < -0.3 is 9.53 Å². The van der Waals surface area contributed by atoms with E-state index >= 15 is 0 Å². The second kappa shape index (κ2) is 7.49. The van der Waals surface area contributed by atoms with Gasteiger partial charge in [0.25, 0.3) is 0 Å². The molecule has 0 amide bonds. The lowest BCUT2D eigenvalue weighted by molar-refractivity contribution is -0.142. The second-order valence-corrected chi connectivity index (χ2v) is 6.10. The third-order valence-corrected chi connectivity index (χ3v) is 4.33. The van der Waals surface area contributed by atoms with Crippen LogP contribution in [0.1, 0.15) is 31.2 Å². The van der Waals surface area contributed by atoms with Crippen molar-refractivity contribution in [2.75, 3.05) is 6.61 Å². The lowest BCUT2D eigenvalue weighted by Crippen LogP contribution is -2.14. The van der Waals surface area contributed by atoms with E-state index in [0.717, 1.165) is 22.6 Å². The Labute approximate surface area is 137 Å². The Morgan fingerprint density at radius 2 is 2.18 bits per heavy atom. The summed E-state index contributed by atoms with van der Waals surface area (Å²) in [6.45, 7) is 2.03. The Kier molecular flexibility index (Phi) is 5.66. The summed E-state index contributed by atoms with van der Waals surface area (Å²) < 4.78 is 5.88. The Morgan fingerprint density at radius 1 is 1.41 bits per heavy atom. The molecule has 0 bridgehead atoms. The van der Waals surface area contributed by atoms with E-state index in [1.54, 1.807) is 6.92 Å². The molecule has 0 heterocycles. The van der Waals surface area contributed by atoms with Crippen LogP contribution in [0.25, 0.3) is 0 Å². The number of esters is 1. The lowest BCUT2D eigenvalue weighted by Gasteiger charge is -2.19. The number of hydrogen-bond donors (Lipinski definition) is 0. The van der Waals surface area contributed by atoms with Gasteiger partial charge in [-0.2, -0.15) is 0 Å². The molecule has 0 saturated heterocycles. The van der Waals surface area contributed by atoms with E-state index in [2.05, 4.69) is 15.9 Å². The molecule has 0 aliphatic heterocycles. The maximum Gasteiger partial charge on any atom is 0.309 e. The summed E-state index contributed by atoms with van der Waals surface area (Å²) in [7, 11) is 0. The third-order valence-electron chi connectivity index (χ3n) is 3.84. The van der Waals surface area contributed by atoms with Gasteiger partial charge in [-0.25, -0.2) is 0 Å². The average molecular weight is 365 g/mol. The number of carbonyl (C=O) groups is 3. The molecule has 5 heteroatoms. The molecule has 1 aliphatic carbocycles. The van der Waals surface area contributed by atoms with E-state index in [-0.39, 0.29) is 24.2 Å². The highest BCUT2D eigenvalue weighted by molar-refractivity contribution is 9.10. The van der Waals surface area contributed by atoms with Crippen molar-refractivity contribution in [2.45, 2.75) is 25.7 Å². The van der Waals surface area contributed by atoms with E-state index in [0.29, 0.717) is 24.2 Å². The number of hydrogen-bond acceptors (Lipinski definition) is 4. The molecule has 116 valence electrons. The van der Waals surface area contributed by atoms with Crippen LogP contribution in [0.4, 0.5) is 0 Å². The van der Waals surface area contributed by atoms with Crippen LogP contribution in [0.3, 0.4) is 0 Å². The molecule has 0 unspecified atom stereocenters. The van der Waals surface area contributed by atoms with Crippen molar-refractivity contribution in [1.29, 1.82) is 0 Å². The van der Waals surface area contributed by atoms with E-state index in [1.807, 2.05) is 24.3 Å². The summed E-state index contributed by atoms with van der Waals surface area (Å²) in [6, 6.07) is 7.59. The predicted molar refractivity (Wildman–Crippen MR) is 85.4 cm³/mol. The molecule has 0 fully saturated rings. The van der Waals surface area contributed by atoms with Gasteiger partial charge in [-0.1, -0.05) is 28.1 Å². The maximum absolute atomic E-state index is 11.8. The normalized spacial score (nSPS) is 20.8. The number of halogens is 1. The first-order valence-electron chi connectivity index (χ1n) is 7.14. The summed E-state index contributed by atoms with van der Waals surface area (Å²) in [4.78, 5) is 34.6. The highest BCUT2D eigenvalue weighted by atomic mass is 79.9. The highest BCUT2D eigenvalue weighted by Crippen LogP contribution is 2.44. The number of aldehydes is 2. The minimum absolute atomic E-state index is 0.0451. The Morgan fingerprint density at radius 3 is 2.77 bits per heavy atom. The van der Waals surface area contributed by atoms with Crippen molar-refractivity contribution in [2.24, 2.45) is 5.92 Å². The van der Waals surface area contributed by atoms with Gasteiger partial charge in [-0.05, 0) is 42.2 Å². The van der Waals surface area contributed by atoms with Crippen LogP contribution < -0.4 is 0 Å². The van der Waals surface area contributed by atoms with Crippen LogP contribution in [0.15, 0.2) is 39.9 Å². The molecular formula is C17H17BrO4. The molecule has 1 aromatic carbocycles. The first kappa shape index (κ1) is 16.6. The topological polar surface area (TPSA) is 60.4 Å². The fourth-order valence-corrected chi connectivity index (χ4v) is 3.37. The van der Waals surface area contributed by atoms with Crippen molar-refractivity contribution in [3.05, 3.63) is 45.4 Å². The zero-order valence-electron chi connectivity index (χ0n) is 12.3. The SMILES string of the molecule is CCOC(=O)CC1=C(C=O)C[C@@H](C=O)[C@H]1c1cccc(Br)c1. The zero-order chi connectivity index (χ0) is 16.1. The molecule has 22 heavy (non-hydrogen) atoms. The highest BCUT2D eigenvalue weighted by Gasteiger charge is 2.36. The van der Waals surface area contributed by atoms with Crippen molar-refractivity contribution >= 4 is 34.5 Å². The molecule has 2 rings (SSSR count). The van der Waals surface area contributed by atoms with Crippen LogP contribution in [0.2, 0.25) is 0 Å². The predicted octanol–water partition coefficient (Wildman–Crippen LogP) is 3.20. The summed E-state index contributed by atoms with van der Waals surface area (Å²) >= 11 is 3.41. The van der Waals surface area contributed by atoms with Crippen LogP contribution in [0.5, 0.6) is 0 Å². The van der Waals surface area contributed by atoms with E-state index in [4.69, 9.17) is 4.74 Å². The van der Waals surface area contributed by atoms with Gasteiger partial charge >= 0.3 is 5.97 Å². The first-order valence-corrected chi connectivity index (χ1v) is 7.93. The van der Waals surface area contributed by atoms with Gasteiger partial charge in [-0.15, -0.1) is 0 Å². The fourth-order valence-electron chi connectivity index (χ4n) is 2.95. The monoisotopic (exact) mass is 364 g/mol. The maximum atomic E-state index is 11.8. The molecule has 0 radical (unpaired) electrons. The smallest absolute Gasteiger partial charge is 0.309 e. The van der Waals surface area contributed by atoms with Crippen molar-refractivity contribution in [1.82, 2.24) is 0 Å². The third kappa shape index (κ3) is 3.53. The minimum atomic E-state index is -0.372. The van der Waals surface area contributed by atoms with Crippen LogP contribution >= 0.6 is 15.9 Å². The van der Waals surface area contributed by atoms with Crippen LogP contribution in [-0.2, 0) is 19.1 Å². The van der Waals surface area contributed by atoms with Crippen molar-refractivity contribution < 1.29 is 19.1 Å². The van der Waals surface area contributed by atoms with Gasteiger partial charge in [0.2, 0.25) is 0 Å². The zero-order valence-corrected chi connectivity index (χ0v) is 13.8. The Balaban J connectivity index is 2.40. The lowest BCUT2D eigenvalue weighted by atomic mass is 9.84. The number of benzene rings is 1. The quantitative estimate of drug-likeness (QED) is 0.574. The molecule has 1 aliphatic rings. The molecule has 0 spiro atoms. The number of carbonyl (C=O) groups excluding carboxylic acids is 3. The molecule has 1 aromatic rings. The average Bonchev–Trinajstić information content (AvgIpc) is 2.85. The number of allylic oxidation sites excluding steroid dienone is 1. The molecule has 2 atom stereocenters. The van der Waals surface area contributed by atoms with Crippen molar-refractivity contribution in [3.63, 3.8) is 0 Å². The second-order valence-electron chi connectivity index (χ2n) is 5.19. The standard InChI is InChI=1S/C17H17BrO4/c1-2-22-16(21)8-15-12(9-19)6-13(10-20)17(15)11-4-3-5-14(18)7-11/h3-5,7,9-10,13,17H,2,6,8H2,1H3/t13-,17+/m0/s1. The Bertz CT molecular complexity index is 621. The first-order chi connectivity index (χ1) is 10.6. The molecule has 0 N–H and O–H groups in total. The van der Waals surface area contributed by atoms with E-state index in [9.17, 15) is 14.4 Å².